The predicted molar refractivity (Wildman–Crippen MR) is 146 cm³/mol. The minimum Gasteiger partial charge on any atom is -0.439 e. The first-order valence-electron chi connectivity index (χ1n) is 12.4. The largest absolute Gasteiger partial charge is 0.439 e. The predicted octanol–water partition coefficient (Wildman–Crippen LogP) is 5.59. The molecule has 182 valence electrons. The van der Waals surface area contributed by atoms with Crippen LogP contribution in [0, 0.1) is 0 Å². The molecule has 36 heavy (non-hydrogen) atoms. The lowest BCUT2D eigenvalue weighted by Crippen LogP contribution is -2.58. The molecule has 1 amide bonds. The number of fused-ring (bicyclic) bond motifs is 4. The molecule has 0 saturated carbocycles. The van der Waals surface area contributed by atoms with Gasteiger partial charge < -0.3 is 9.64 Å². The zero-order valence-corrected chi connectivity index (χ0v) is 21.2. The summed E-state index contributed by atoms with van der Waals surface area (Å²) in [4.78, 5) is 16.1. The number of hydrazone groups is 1. The van der Waals surface area contributed by atoms with Crippen LogP contribution in [0.4, 0.5) is 5.69 Å². The van der Waals surface area contributed by atoms with E-state index in [-0.39, 0.29) is 11.9 Å². The van der Waals surface area contributed by atoms with E-state index in [1.807, 2.05) is 47.5 Å². The van der Waals surface area contributed by atoms with Gasteiger partial charge >= 0.3 is 5.18 Å². The van der Waals surface area contributed by atoms with Crippen molar-refractivity contribution in [1.29, 1.82) is 0 Å². The van der Waals surface area contributed by atoms with Crippen LogP contribution >= 0.6 is 11.8 Å². The molecule has 3 aromatic carbocycles. The second kappa shape index (κ2) is 9.06. The van der Waals surface area contributed by atoms with Crippen LogP contribution in [0.25, 0.3) is 6.08 Å². The molecule has 7 heteroatoms. The number of carbonyl (C=O) groups excluding carboxylic acids is 1. The Hall–Kier alpha value is -3.71. The topological polar surface area (TPSA) is 57.2 Å². The van der Waals surface area contributed by atoms with E-state index in [9.17, 15) is 4.79 Å². The number of nitrogens with one attached hydrogen (secondary N) is 1. The lowest BCUT2D eigenvalue weighted by molar-refractivity contribution is -0.127. The first-order valence-corrected chi connectivity index (χ1v) is 13.2. The Balaban J connectivity index is 1.34. The van der Waals surface area contributed by atoms with Gasteiger partial charge in [0, 0.05) is 30.8 Å². The number of rotatable bonds is 5. The summed E-state index contributed by atoms with van der Waals surface area (Å²) < 4.78 is 6.50. The number of carbonyl (C=O) groups is 1. The molecule has 0 aliphatic carbocycles. The van der Waals surface area contributed by atoms with Gasteiger partial charge in [-0.3, -0.25) is 10.1 Å². The van der Waals surface area contributed by atoms with Crippen molar-refractivity contribution in [3.63, 3.8) is 0 Å². The molecule has 0 aromatic heterocycles. The fourth-order valence-corrected chi connectivity index (χ4v) is 6.24. The maximum absolute atomic E-state index is 13.2. The molecule has 6 rings (SSSR count). The highest BCUT2D eigenvalue weighted by molar-refractivity contribution is 8.05. The summed E-state index contributed by atoms with van der Waals surface area (Å²) in [6.07, 6.45) is 2.67. The Morgan fingerprint density at radius 3 is 2.53 bits per heavy atom. The Labute approximate surface area is 215 Å². The summed E-state index contributed by atoms with van der Waals surface area (Å²) >= 11 is 1.38. The van der Waals surface area contributed by atoms with Crippen molar-refractivity contribution in [3.05, 3.63) is 100 Å². The first kappa shape index (κ1) is 22.7. The summed E-state index contributed by atoms with van der Waals surface area (Å²) in [6.45, 7) is 6.22. The highest BCUT2D eigenvalue weighted by Crippen LogP contribution is 2.53. The third kappa shape index (κ3) is 3.84. The van der Waals surface area contributed by atoms with Crippen LogP contribution in [0.5, 0.6) is 5.75 Å². The number of nitrogens with zero attached hydrogens (tertiary/aromatic N) is 3. The third-order valence-corrected chi connectivity index (χ3v) is 8.08. The molecule has 1 N–H and O–H groups in total. The van der Waals surface area contributed by atoms with Gasteiger partial charge in [0.1, 0.15) is 5.75 Å². The monoisotopic (exact) mass is 496 g/mol. The van der Waals surface area contributed by atoms with Gasteiger partial charge in [-0.15, -0.1) is 0 Å². The van der Waals surface area contributed by atoms with Crippen molar-refractivity contribution >= 4 is 35.1 Å². The number of ether oxygens (including phenoxy) is 1. The standard InChI is InChI=1S/C29H28N4O2S/c1-3-32(4-2)22-16-14-20(15-17-22)18-27-28(34)30-29(36-27)33-25(23-12-8-9-13-26(23)35-29)19-24(31-33)21-10-6-5-7-11-21/h5-18,25H,3-4,19H2,1-2H3,(H,30,34)/b27-18-/t25-,29+/m1/s1. The van der Waals surface area contributed by atoms with E-state index in [0.29, 0.717) is 4.91 Å². The molecule has 1 fully saturated rings. The summed E-state index contributed by atoms with van der Waals surface area (Å²) in [5, 5.41) is 8.92. The highest BCUT2D eigenvalue weighted by atomic mass is 32.2. The fraction of sp³-hybridized carbons (Fsp3) is 0.241. The van der Waals surface area contributed by atoms with Crippen molar-refractivity contribution in [1.82, 2.24) is 10.3 Å². The first-order chi connectivity index (χ1) is 17.6. The van der Waals surface area contributed by atoms with Crippen LogP contribution in [0.3, 0.4) is 0 Å². The van der Waals surface area contributed by atoms with Gasteiger partial charge in [0.2, 0.25) is 0 Å². The molecule has 0 unspecified atom stereocenters. The SMILES string of the molecule is CCN(CC)c1ccc(/C=C2\S[C@]3(NC2=O)Oc2ccccc2[C@H]2CC(c4ccccc4)=NN23)cc1. The third-order valence-electron chi connectivity index (χ3n) is 6.91. The second-order valence-electron chi connectivity index (χ2n) is 9.03. The van der Waals surface area contributed by atoms with Crippen molar-refractivity contribution in [2.75, 3.05) is 18.0 Å². The molecule has 1 spiro atoms. The quantitative estimate of drug-likeness (QED) is 0.467. The van der Waals surface area contributed by atoms with Crippen molar-refractivity contribution in [2.24, 2.45) is 5.10 Å². The van der Waals surface area contributed by atoms with E-state index in [1.165, 1.54) is 17.4 Å². The molecule has 3 aliphatic heterocycles. The van der Waals surface area contributed by atoms with Gasteiger partial charge in [-0.2, -0.15) is 5.10 Å². The lowest BCUT2D eigenvalue weighted by atomic mass is 9.97. The van der Waals surface area contributed by atoms with Crippen LogP contribution in [0.2, 0.25) is 0 Å². The summed E-state index contributed by atoms with van der Waals surface area (Å²) in [5.41, 5.74) is 5.30. The fourth-order valence-electron chi connectivity index (χ4n) is 5.07. The Bertz CT molecular complexity index is 1350. The maximum Gasteiger partial charge on any atom is 0.336 e. The van der Waals surface area contributed by atoms with Crippen LogP contribution in [-0.4, -0.2) is 34.9 Å². The molecule has 3 aromatic rings. The number of hydrogen-bond acceptors (Lipinski definition) is 6. The Morgan fingerprint density at radius 2 is 1.78 bits per heavy atom. The number of para-hydroxylation sites is 1. The van der Waals surface area contributed by atoms with Gasteiger partial charge in [0.15, 0.2) is 0 Å². The molecule has 6 nitrogen and oxygen atoms in total. The van der Waals surface area contributed by atoms with Crippen molar-refractivity contribution in [3.8, 4) is 5.75 Å². The molecule has 0 bridgehead atoms. The van der Waals surface area contributed by atoms with Gasteiger partial charge in [0.25, 0.3) is 5.91 Å². The Morgan fingerprint density at radius 1 is 1.06 bits per heavy atom. The van der Waals surface area contributed by atoms with E-state index in [1.54, 1.807) is 0 Å². The molecule has 0 radical (unpaired) electrons. The normalized spacial score (nSPS) is 23.2. The van der Waals surface area contributed by atoms with Crippen molar-refractivity contribution in [2.45, 2.75) is 31.5 Å². The van der Waals surface area contributed by atoms with E-state index in [0.717, 1.165) is 47.7 Å². The second-order valence-corrected chi connectivity index (χ2v) is 10.2. The van der Waals surface area contributed by atoms with E-state index < -0.39 is 5.18 Å². The molecule has 3 heterocycles. The number of benzene rings is 3. The average molecular weight is 497 g/mol. The van der Waals surface area contributed by atoms with Gasteiger partial charge in [0.05, 0.1) is 16.7 Å². The highest BCUT2D eigenvalue weighted by Gasteiger charge is 2.57. The maximum atomic E-state index is 13.2. The van der Waals surface area contributed by atoms with Gasteiger partial charge in [-0.05, 0) is 61.0 Å². The van der Waals surface area contributed by atoms with E-state index >= 15 is 0 Å². The summed E-state index contributed by atoms with van der Waals surface area (Å²) in [5.74, 6) is 0.621. The number of thioether (sulfide) groups is 1. The zero-order chi connectivity index (χ0) is 24.7. The molecular formula is C29H28N4O2S. The van der Waals surface area contributed by atoms with Gasteiger partial charge in [-0.25, -0.2) is 5.01 Å². The summed E-state index contributed by atoms with van der Waals surface area (Å²) in [6, 6.07) is 26.5. The summed E-state index contributed by atoms with van der Waals surface area (Å²) in [7, 11) is 0. The van der Waals surface area contributed by atoms with Crippen LogP contribution < -0.4 is 15.0 Å². The molecule has 2 atom stereocenters. The zero-order valence-electron chi connectivity index (χ0n) is 20.3. The number of anilines is 1. The molecule has 1 saturated heterocycles. The van der Waals surface area contributed by atoms with E-state index in [2.05, 4.69) is 66.5 Å². The number of hydrogen-bond donors (Lipinski definition) is 1. The molecule has 3 aliphatic rings. The van der Waals surface area contributed by atoms with Crippen LogP contribution in [0.15, 0.2) is 88.9 Å². The average Bonchev–Trinajstić information content (AvgIpc) is 3.49. The van der Waals surface area contributed by atoms with Crippen molar-refractivity contribution < 1.29 is 9.53 Å². The number of amides is 1. The molecular weight excluding hydrogens is 468 g/mol. The minimum atomic E-state index is -1.13. The lowest BCUT2D eigenvalue weighted by Gasteiger charge is -2.43. The Kier molecular flexibility index (Phi) is 5.72. The van der Waals surface area contributed by atoms with Gasteiger partial charge in [-0.1, -0.05) is 60.7 Å². The smallest absolute Gasteiger partial charge is 0.336 e. The minimum absolute atomic E-state index is 0.0225. The van der Waals surface area contributed by atoms with Crippen LogP contribution in [-0.2, 0) is 4.79 Å². The van der Waals surface area contributed by atoms with E-state index in [4.69, 9.17) is 9.84 Å². The van der Waals surface area contributed by atoms with Crippen LogP contribution in [0.1, 0.15) is 43.0 Å².